The molecule has 2 N–H and O–H groups in total. The number of para-hydroxylation sites is 1. The molecule has 1 aliphatic heterocycles. The quantitative estimate of drug-likeness (QED) is 0.924. The number of benzene rings is 1. The van der Waals surface area contributed by atoms with Crippen molar-refractivity contribution in [1.82, 2.24) is 10.1 Å². The standard InChI is InChI=1S/C15H17N3O2/c16-15(6-3-7-15)8-13-17-14(18-20-13)11-9-19-12-5-2-1-4-10(11)12/h1-2,4-5,11H,3,6-9,16H2. The van der Waals surface area contributed by atoms with Crippen molar-refractivity contribution in [2.24, 2.45) is 5.73 Å². The molecule has 20 heavy (non-hydrogen) atoms. The van der Waals surface area contributed by atoms with Crippen LogP contribution in [-0.4, -0.2) is 22.3 Å². The Hall–Kier alpha value is -1.88. The second-order valence-electron chi connectivity index (χ2n) is 5.84. The summed E-state index contributed by atoms with van der Waals surface area (Å²) in [6.07, 6.45) is 3.96. The largest absolute Gasteiger partial charge is 0.492 e. The van der Waals surface area contributed by atoms with Gasteiger partial charge < -0.3 is 15.0 Å². The molecular formula is C15H17N3O2. The van der Waals surface area contributed by atoms with Crippen LogP contribution in [0.5, 0.6) is 5.75 Å². The van der Waals surface area contributed by atoms with Crippen molar-refractivity contribution in [1.29, 1.82) is 0 Å². The summed E-state index contributed by atoms with van der Waals surface area (Å²) >= 11 is 0. The van der Waals surface area contributed by atoms with E-state index in [1.807, 2.05) is 18.2 Å². The van der Waals surface area contributed by atoms with Crippen LogP contribution in [0.2, 0.25) is 0 Å². The molecule has 0 radical (unpaired) electrons. The van der Waals surface area contributed by atoms with Gasteiger partial charge in [-0.25, -0.2) is 0 Å². The van der Waals surface area contributed by atoms with Crippen molar-refractivity contribution in [3.63, 3.8) is 0 Å². The fraction of sp³-hybridized carbons (Fsp3) is 0.467. The number of aromatic nitrogens is 2. The fourth-order valence-electron chi connectivity index (χ4n) is 2.97. The first kappa shape index (κ1) is 11.9. The second kappa shape index (κ2) is 4.31. The number of nitrogens with zero attached hydrogens (tertiary/aromatic N) is 2. The molecule has 1 fully saturated rings. The third-order valence-electron chi connectivity index (χ3n) is 4.35. The van der Waals surface area contributed by atoms with E-state index in [2.05, 4.69) is 16.2 Å². The molecule has 0 bridgehead atoms. The Kier molecular flexibility index (Phi) is 2.57. The highest BCUT2D eigenvalue weighted by Crippen LogP contribution is 2.37. The van der Waals surface area contributed by atoms with Gasteiger partial charge in [-0.3, -0.25) is 0 Å². The lowest BCUT2D eigenvalue weighted by atomic mass is 9.75. The lowest BCUT2D eigenvalue weighted by Crippen LogP contribution is -2.48. The van der Waals surface area contributed by atoms with E-state index in [9.17, 15) is 0 Å². The molecule has 1 unspecified atom stereocenters. The lowest BCUT2D eigenvalue weighted by Gasteiger charge is -2.36. The minimum atomic E-state index is -0.131. The average molecular weight is 271 g/mol. The van der Waals surface area contributed by atoms with Gasteiger partial charge >= 0.3 is 0 Å². The Labute approximate surface area is 117 Å². The summed E-state index contributed by atoms with van der Waals surface area (Å²) in [7, 11) is 0. The minimum Gasteiger partial charge on any atom is -0.492 e. The van der Waals surface area contributed by atoms with E-state index in [0.29, 0.717) is 24.7 Å². The number of hydrogen-bond acceptors (Lipinski definition) is 5. The molecule has 0 saturated heterocycles. The molecule has 1 aromatic carbocycles. The highest BCUT2D eigenvalue weighted by molar-refractivity contribution is 5.42. The monoisotopic (exact) mass is 271 g/mol. The molecule has 1 atom stereocenters. The normalized spacial score (nSPS) is 22.9. The molecule has 5 nitrogen and oxygen atoms in total. The Morgan fingerprint density at radius 3 is 2.95 bits per heavy atom. The van der Waals surface area contributed by atoms with Crippen molar-refractivity contribution in [2.45, 2.75) is 37.1 Å². The zero-order valence-corrected chi connectivity index (χ0v) is 11.2. The van der Waals surface area contributed by atoms with E-state index in [1.165, 1.54) is 6.42 Å². The molecule has 4 rings (SSSR count). The minimum absolute atomic E-state index is 0.0683. The molecule has 2 aromatic rings. The van der Waals surface area contributed by atoms with E-state index < -0.39 is 0 Å². The van der Waals surface area contributed by atoms with Crippen LogP contribution in [0.1, 0.15) is 42.5 Å². The number of nitrogens with two attached hydrogens (primary N) is 1. The van der Waals surface area contributed by atoms with Gasteiger partial charge in [-0.05, 0) is 25.3 Å². The third-order valence-corrected chi connectivity index (χ3v) is 4.35. The van der Waals surface area contributed by atoms with Gasteiger partial charge in [0.1, 0.15) is 12.4 Å². The van der Waals surface area contributed by atoms with Gasteiger partial charge in [-0.1, -0.05) is 23.4 Å². The van der Waals surface area contributed by atoms with Gasteiger partial charge in [0.2, 0.25) is 5.89 Å². The van der Waals surface area contributed by atoms with Crippen LogP contribution >= 0.6 is 0 Å². The van der Waals surface area contributed by atoms with E-state index in [4.69, 9.17) is 15.0 Å². The number of fused-ring (bicyclic) bond motifs is 1. The zero-order chi connectivity index (χ0) is 13.6. The zero-order valence-electron chi connectivity index (χ0n) is 11.2. The van der Waals surface area contributed by atoms with Crippen molar-refractivity contribution in [3.05, 3.63) is 41.5 Å². The summed E-state index contributed by atoms with van der Waals surface area (Å²) in [5.74, 6) is 2.33. The van der Waals surface area contributed by atoms with E-state index >= 15 is 0 Å². The summed E-state index contributed by atoms with van der Waals surface area (Å²) in [4.78, 5) is 4.52. The SMILES string of the molecule is NC1(Cc2nc(C3COc4ccccc43)no2)CCC1. The van der Waals surface area contributed by atoms with Gasteiger partial charge in [-0.2, -0.15) is 4.98 Å². The van der Waals surface area contributed by atoms with Crippen LogP contribution in [0.25, 0.3) is 0 Å². The third kappa shape index (κ3) is 1.89. The van der Waals surface area contributed by atoms with E-state index in [1.54, 1.807) is 0 Å². The molecule has 5 heteroatoms. The van der Waals surface area contributed by atoms with Gasteiger partial charge in [0.15, 0.2) is 5.82 Å². The average Bonchev–Trinajstić information content (AvgIpc) is 3.03. The van der Waals surface area contributed by atoms with E-state index in [-0.39, 0.29) is 11.5 Å². The molecule has 1 aliphatic carbocycles. The smallest absolute Gasteiger partial charge is 0.228 e. The van der Waals surface area contributed by atoms with Crippen molar-refractivity contribution in [2.75, 3.05) is 6.61 Å². The first-order valence-corrected chi connectivity index (χ1v) is 7.07. The van der Waals surface area contributed by atoms with Gasteiger partial charge in [-0.15, -0.1) is 0 Å². The predicted octanol–water partition coefficient (Wildman–Crippen LogP) is 2.02. The summed E-state index contributed by atoms with van der Waals surface area (Å²) in [6.45, 7) is 0.575. The molecule has 0 spiro atoms. The van der Waals surface area contributed by atoms with Crippen molar-refractivity contribution >= 4 is 0 Å². The molecule has 2 heterocycles. The van der Waals surface area contributed by atoms with E-state index in [0.717, 1.165) is 24.2 Å². The van der Waals surface area contributed by atoms with Crippen LogP contribution in [0.4, 0.5) is 0 Å². The molecule has 104 valence electrons. The van der Waals surface area contributed by atoms with Gasteiger partial charge in [0.25, 0.3) is 0 Å². The number of rotatable bonds is 3. The van der Waals surface area contributed by atoms with Crippen molar-refractivity contribution < 1.29 is 9.26 Å². The van der Waals surface area contributed by atoms with Crippen LogP contribution in [0.3, 0.4) is 0 Å². The maximum Gasteiger partial charge on any atom is 0.228 e. The van der Waals surface area contributed by atoms with Gasteiger partial charge in [0.05, 0.1) is 5.92 Å². The fourth-order valence-corrected chi connectivity index (χ4v) is 2.97. The van der Waals surface area contributed by atoms with Gasteiger partial charge in [0, 0.05) is 17.5 Å². The second-order valence-corrected chi connectivity index (χ2v) is 5.84. The van der Waals surface area contributed by atoms with Crippen LogP contribution in [0.15, 0.2) is 28.8 Å². The van der Waals surface area contributed by atoms with Crippen LogP contribution in [-0.2, 0) is 6.42 Å². The van der Waals surface area contributed by atoms with Crippen LogP contribution in [0, 0.1) is 0 Å². The Morgan fingerprint density at radius 1 is 1.30 bits per heavy atom. The Bertz CT molecular complexity index is 634. The van der Waals surface area contributed by atoms with Crippen LogP contribution < -0.4 is 10.5 Å². The predicted molar refractivity (Wildman–Crippen MR) is 72.6 cm³/mol. The summed E-state index contributed by atoms with van der Waals surface area (Å²) < 4.78 is 11.0. The summed E-state index contributed by atoms with van der Waals surface area (Å²) in [5.41, 5.74) is 7.22. The Balaban J connectivity index is 1.57. The molecular weight excluding hydrogens is 254 g/mol. The number of hydrogen-bond donors (Lipinski definition) is 1. The molecule has 1 aromatic heterocycles. The maximum atomic E-state index is 6.22. The summed E-state index contributed by atoms with van der Waals surface area (Å²) in [6, 6.07) is 8.00. The first-order valence-electron chi connectivity index (χ1n) is 7.07. The summed E-state index contributed by atoms with van der Waals surface area (Å²) in [5, 5.41) is 4.12. The number of ether oxygens (including phenoxy) is 1. The lowest BCUT2D eigenvalue weighted by molar-refractivity contribution is 0.221. The topological polar surface area (TPSA) is 74.2 Å². The molecule has 2 aliphatic rings. The molecule has 1 saturated carbocycles. The highest BCUT2D eigenvalue weighted by atomic mass is 16.5. The highest BCUT2D eigenvalue weighted by Gasteiger charge is 2.35. The molecule has 0 amide bonds. The maximum absolute atomic E-state index is 6.22. The van der Waals surface area contributed by atoms with Crippen molar-refractivity contribution in [3.8, 4) is 5.75 Å². The Morgan fingerprint density at radius 2 is 2.15 bits per heavy atom. The first-order chi connectivity index (χ1) is 9.73.